The number of alkyl halides is 2. The van der Waals surface area contributed by atoms with Crippen LogP contribution in [-0.2, 0) is 4.74 Å². The molecule has 0 saturated carbocycles. The molecular weight excluding hydrogens is 186 g/mol. The highest BCUT2D eigenvalue weighted by molar-refractivity contribution is 4.95. The SMILES string of the molecule is CCC(C)(C)C(F)(F)C1OCCC1C. The second-order valence-electron chi connectivity index (χ2n) is 4.92. The van der Waals surface area contributed by atoms with Crippen LogP contribution in [0, 0.1) is 11.3 Å². The Morgan fingerprint density at radius 3 is 2.29 bits per heavy atom. The van der Waals surface area contributed by atoms with Crippen molar-refractivity contribution < 1.29 is 13.5 Å². The van der Waals surface area contributed by atoms with Gasteiger partial charge in [0, 0.05) is 12.0 Å². The van der Waals surface area contributed by atoms with E-state index in [1.54, 1.807) is 20.8 Å². The zero-order valence-electron chi connectivity index (χ0n) is 9.44. The van der Waals surface area contributed by atoms with E-state index in [0.29, 0.717) is 13.0 Å². The quantitative estimate of drug-likeness (QED) is 0.687. The molecule has 0 spiro atoms. The Morgan fingerprint density at radius 2 is 1.93 bits per heavy atom. The summed E-state index contributed by atoms with van der Waals surface area (Å²) in [6.07, 6.45) is 0.324. The molecule has 0 aliphatic carbocycles. The summed E-state index contributed by atoms with van der Waals surface area (Å²) in [5, 5.41) is 0. The highest BCUT2D eigenvalue weighted by Crippen LogP contribution is 2.46. The van der Waals surface area contributed by atoms with Crippen molar-refractivity contribution in [3.63, 3.8) is 0 Å². The van der Waals surface area contributed by atoms with E-state index in [1.165, 1.54) is 0 Å². The van der Waals surface area contributed by atoms with Gasteiger partial charge >= 0.3 is 0 Å². The maximum Gasteiger partial charge on any atom is 0.278 e. The van der Waals surface area contributed by atoms with E-state index in [2.05, 4.69) is 0 Å². The first-order chi connectivity index (χ1) is 6.33. The zero-order valence-corrected chi connectivity index (χ0v) is 9.44. The molecule has 1 aliphatic heterocycles. The third-order valence-corrected chi connectivity index (χ3v) is 3.53. The first-order valence-corrected chi connectivity index (χ1v) is 5.32. The largest absolute Gasteiger partial charge is 0.372 e. The molecule has 0 aromatic heterocycles. The van der Waals surface area contributed by atoms with E-state index < -0.39 is 17.4 Å². The monoisotopic (exact) mass is 206 g/mol. The predicted molar refractivity (Wildman–Crippen MR) is 52.5 cm³/mol. The molecule has 0 bridgehead atoms. The van der Waals surface area contributed by atoms with Gasteiger partial charge in [-0.25, -0.2) is 8.78 Å². The Hall–Kier alpha value is -0.180. The topological polar surface area (TPSA) is 9.23 Å². The number of rotatable bonds is 3. The van der Waals surface area contributed by atoms with Gasteiger partial charge in [-0.15, -0.1) is 0 Å². The summed E-state index contributed by atoms with van der Waals surface area (Å²) in [6, 6.07) is 0. The molecule has 2 unspecified atom stereocenters. The third kappa shape index (κ3) is 1.79. The van der Waals surface area contributed by atoms with Crippen molar-refractivity contribution in [3.05, 3.63) is 0 Å². The summed E-state index contributed by atoms with van der Waals surface area (Å²) < 4.78 is 33.2. The molecule has 14 heavy (non-hydrogen) atoms. The van der Waals surface area contributed by atoms with E-state index in [-0.39, 0.29) is 5.92 Å². The maximum absolute atomic E-state index is 14.0. The van der Waals surface area contributed by atoms with Crippen LogP contribution in [0.25, 0.3) is 0 Å². The fraction of sp³-hybridized carbons (Fsp3) is 1.00. The lowest BCUT2D eigenvalue weighted by Gasteiger charge is -2.38. The molecule has 0 amide bonds. The number of hydrogen-bond donors (Lipinski definition) is 0. The minimum Gasteiger partial charge on any atom is -0.372 e. The lowest BCUT2D eigenvalue weighted by molar-refractivity contribution is -0.194. The van der Waals surface area contributed by atoms with Crippen LogP contribution < -0.4 is 0 Å². The van der Waals surface area contributed by atoms with Gasteiger partial charge in [0.25, 0.3) is 5.92 Å². The molecule has 1 heterocycles. The fourth-order valence-corrected chi connectivity index (χ4v) is 1.78. The molecule has 0 radical (unpaired) electrons. The molecule has 0 aromatic carbocycles. The normalized spacial score (nSPS) is 29.6. The smallest absolute Gasteiger partial charge is 0.278 e. The summed E-state index contributed by atoms with van der Waals surface area (Å²) in [5.74, 6) is -2.76. The van der Waals surface area contributed by atoms with E-state index in [0.717, 1.165) is 6.42 Å². The standard InChI is InChI=1S/C11H20F2O/c1-5-10(3,4)11(12,13)9-8(2)6-7-14-9/h8-9H,5-7H2,1-4H3. The number of ether oxygens (including phenoxy) is 1. The van der Waals surface area contributed by atoms with Crippen LogP contribution in [0.1, 0.15) is 40.5 Å². The summed E-state index contributed by atoms with van der Waals surface area (Å²) in [4.78, 5) is 0. The van der Waals surface area contributed by atoms with Crippen molar-refractivity contribution in [2.45, 2.75) is 52.6 Å². The van der Waals surface area contributed by atoms with Crippen molar-refractivity contribution in [1.82, 2.24) is 0 Å². The van der Waals surface area contributed by atoms with E-state index in [4.69, 9.17) is 4.74 Å². The van der Waals surface area contributed by atoms with E-state index in [1.807, 2.05) is 6.92 Å². The van der Waals surface area contributed by atoms with Gasteiger partial charge in [-0.05, 0) is 18.8 Å². The van der Waals surface area contributed by atoms with Gasteiger partial charge in [-0.3, -0.25) is 0 Å². The van der Waals surface area contributed by atoms with Gasteiger partial charge < -0.3 is 4.74 Å². The lowest BCUT2D eigenvalue weighted by Crippen LogP contribution is -2.48. The number of hydrogen-bond acceptors (Lipinski definition) is 1. The first-order valence-electron chi connectivity index (χ1n) is 5.32. The zero-order chi connectivity index (χ0) is 11.0. The molecule has 1 fully saturated rings. The summed E-state index contributed by atoms with van der Waals surface area (Å²) in [5.41, 5.74) is -0.976. The Balaban J connectivity index is 2.83. The van der Waals surface area contributed by atoms with Gasteiger partial charge in [-0.1, -0.05) is 27.7 Å². The molecular formula is C11H20F2O. The molecule has 1 saturated heterocycles. The average molecular weight is 206 g/mol. The summed E-state index contributed by atoms with van der Waals surface area (Å²) in [7, 11) is 0. The van der Waals surface area contributed by atoms with Crippen molar-refractivity contribution in [2.24, 2.45) is 11.3 Å². The minimum absolute atomic E-state index is 0.0316. The Bertz CT molecular complexity index is 201. The second kappa shape index (κ2) is 3.76. The lowest BCUT2D eigenvalue weighted by atomic mass is 9.77. The molecule has 2 atom stereocenters. The Kier molecular flexibility index (Phi) is 3.20. The Labute approximate surface area is 84.8 Å². The molecule has 0 aromatic rings. The van der Waals surface area contributed by atoms with Crippen LogP contribution in [0.15, 0.2) is 0 Å². The van der Waals surface area contributed by atoms with Gasteiger partial charge in [0.15, 0.2) is 0 Å². The van der Waals surface area contributed by atoms with E-state index >= 15 is 0 Å². The Morgan fingerprint density at radius 1 is 1.36 bits per heavy atom. The number of halogens is 2. The molecule has 1 rings (SSSR count). The van der Waals surface area contributed by atoms with Crippen LogP contribution in [0.4, 0.5) is 8.78 Å². The highest BCUT2D eigenvalue weighted by Gasteiger charge is 2.55. The highest BCUT2D eigenvalue weighted by atomic mass is 19.3. The van der Waals surface area contributed by atoms with Crippen molar-refractivity contribution >= 4 is 0 Å². The predicted octanol–water partition coefficient (Wildman–Crippen LogP) is 3.48. The molecule has 3 heteroatoms. The van der Waals surface area contributed by atoms with Gasteiger partial charge in [0.05, 0.1) is 0 Å². The molecule has 84 valence electrons. The maximum atomic E-state index is 14.0. The minimum atomic E-state index is -2.72. The summed E-state index contributed by atoms with van der Waals surface area (Å²) >= 11 is 0. The second-order valence-corrected chi connectivity index (χ2v) is 4.92. The van der Waals surface area contributed by atoms with Crippen LogP contribution in [-0.4, -0.2) is 18.6 Å². The van der Waals surface area contributed by atoms with Crippen LogP contribution in [0.2, 0.25) is 0 Å². The van der Waals surface area contributed by atoms with Crippen molar-refractivity contribution in [1.29, 1.82) is 0 Å². The molecule has 1 nitrogen and oxygen atoms in total. The van der Waals surface area contributed by atoms with Gasteiger partial charge in [0.2, 0.25) is 0 Å². The van der Waals surface area contributed by atoms with Crippen LogP contribution in [0.3, 0.4) is 0 Å². The third-order valence-electron chi connectivity index (χ3n) is 3.53. The molecule has 0 N–H and O–H groups in total. The van der Waals surface area contributed by atoms with Crippen LogP contribution in [0.5, 0.6) is 0 Å². The van der Waals surface area contributed by atoms with Crippen molar-refractivity contribution in [3.8, 4) is 0 Å². The van der Waals surface area contributed by atoms with Gasteiger partial charge in [0.1, 0.15) is 6.10 Å². The fourth-order valence-electron chi connectivity index (χ4n) is 1.78. The van der Waals surface area contributed by atoms with Gasteiger partial charge in [-0.2, -0.15) is 0 Å². The van der Waals surface area contributed by atoms with Crippen molar-refractivity contribution in [2.75, 3.05) is 6.61 Å². The summed E-state index contributed by atoms with van der Waals surface area (Å²) in [6.45, 7) is 7.34. The average Bonchev–Trinajstić information content (AvgIpc) is 2.51. The molecule has 1 aliphatic rings. The van der Waals surface area contributed by atoms with Crippen LogP contribution >= 0.6 is 0 Å². The van der Waals surface area contributed by atoms with E-state index in [9.17, 15) is 8.78 Å². The first kappa shape index (κ1) is 11.9.